The summed E-state index contributed by atoms with van der Waals surface area (Å²) in [6.07, 6.45) is 1.67. The van der Waals surface area contributed by atoms with Crippen LogP contribution >= 0.6 is 0 Å². The summed E-state index contributed by atoms with van der Waals surface area (Å²) >= 11 is 0. The molecule has 0 bridgehead atoms. The Bertz CT molecular complexity index is 474. The maximum Gasteiger partial charge on any atom is 0.191 e. The third kappa shape index (κ3) is 1.92. The van der Waals surface area contributed by atoms with E-state index in [0.717, 1.165) is 16.8 Å². The zero-order valence-corrected chi connectivity index (χ0v) is 8.95. The normalized spacial score (nSPS) is 10.6. The van der Waals surface area contributed by atoms with Crippen molar-refractivity contribution in [2.45, 2.75) is 20.4 Å². The van der Waals surface area contributed by atoms with Gasteiger partial charge in [-0.05, 0) is 24.1 Å². The van der Waals surface area contributed by atoms with Crippen LogP contribution in [0.5, 0.6) is 0 Å². The number of aromatic nitrogens is 1. The predicted octanol–water partition coefficient (Wildman–Crippen LogP) is 2.42. The van der Waals surface area contributed by atoms with E-state index in [1.54, 1.807) is 6.26 Å². The van der Waals surface area contributed by atoms with Crippen LogP contribution in [0, 0.1) is 13.8 Å². The van der Waals surface area contributed by atoms with E-state index in [1.165, 1.54) is 5.56 Å². The van der Waals surface area contributed by atoms with Crippen molar-refractivity contribution in [1.82, 2.24) is 4.98 Å². The molecule has 3 heteroatoms. The molecule has 1 heterocycles. The van der Waals surface area contributed by atoms with E-state index in [2.05, 4.69) is 24.0 Å². The molecule has 0 atom stereocenters. The zero-order valence-electron chi connectivity index (χ0n) is 8.95. The zero-order chi connectivity index (χ0) is 10.8. The van der Waals surface area contributed by atoms with E-state index in [1.807, 2.05) is 13.0 Å². The summed E-state index contributed by atoms with van der Waals surface area (Å²) in [5.74, 6) is 0.680. The highest BCUT2D eigenvalue weighted by Gasteiger charge is 2.05. The number of oxazole rings is 1. The van der Waals surface area contributed by atoms with Gasteiger partial charge in [-0.25, -0.2) is 4.98 Å². The Balaban J connectivity index is 2.45. The van der Waals surface area contributed by atoms with Crippen molar-refractivity contribution in [2.24, 2.45) is 5.73 Å². The molecule has 2 aromatic rings. The Morgan fingerprint density at radius 2 is 2.13 bits per heavy atom. The number of benzene rings is 1. The molecule has 2 N–H and O–H groups in total. The van der Waals surface area contributed by atoms with Gasteiger partial charge >= 0.3 is 0 Å². The highest BCUT2D eigenvalue weighted by Crippen LogP contribution is 2.21. The van der Waals surface area contributed by atoms with Gasteiger partial charge in [-0.15, -0.1) is 0 Å². The fourth-order valence-electron chi connectivity index (χ4n) is 1.55. The average molecular weight is 202 g/mol. The van der Waals surface area contributed by atoms with Gasteiger partial charge in [0.2, 0.25) is 0 Å². The number of nitrogens with zero attached hydrogens (tertiary/aromatic N) is 1. The molecular weight excluding hydrogens is 188 g/mol. The molecule has 0 aliphatic rings. The summed E-state index contributed by atoms with van der Waals surface area (Å²) in [6.45, 7) is 4.44. The van der Waals surface area contributed by atoms with Gasteiger partial charge in [0.25, 0.3) is 0 Å². The number of rotatable bonds is 2. The van der Waals surface area contributed by atoms with Crippen LogP contribution in [0.2, 0.25) is 0 Å². The van der Waals surface area contributed by atoms with Crippen molar-refractivity contribution in [3.63, 3.8) is 0 Å². The van der Waals surface area contributed by atoms with Crippen molar-refractivity contribution in [3.05, 3.63) is 41.5 Å². The first-order valence-corrected chi connectivity index (χ1v) is 4.93. The second kappa shape index (κ2) is 3.87. The smallest absolute Gasteiger partial charge is 0.191 e. The topological polar surface area (TPSA) is 52.0 Å². The molecule has 0 spiro atoms. The van der Waals surface area contributed by atoms with E-state index in [4.69, 9.17) is 10.2 Å². The van der Waals surface area contributed by atoms with E-state index >= 15 is 0 Å². The highest BCUT2D eigenvalue weighted by atomic mass is 16.3. The Morgan fingerprint density at radius 1 is 1.33 bits per heavy atom. The highest BCUT2D eigenvalue weighted by molar-refractivity contribution is 5.60. The molecule has 0 unspecified atom stereocenters. The molecule has 0 fully saturated rings. The maximum absolute atomic E-state index is 5.66. The van der Waals surface area contributed by atoms with Gasteiger partial charge in [0, 0.05) is 19.0 Å². The maximum atomic E-state index is 5.66. The van der Waals surface area contributed by atoms with E-state index in [9.17, 15) is 0 Å². The standard InChI is InChI=1S/C12H14N2O/c1-8-3-4-10(5-11(8)6-13)12-7-15-9(2)14-12/h3-5,7H,6,13H2,1-2H3. The van der Waals surface area contributed by atoms with Crippen molar-refractivity contribution in [3.8, 4) is 11.3 Å². The predicted molar refractivity (Wildman–Crippen MR) is 59.3 cm³/mol. The first-order chi connectivity index (χ1) is 7.20. The van der Waals surface area contributed by atoms with Crippen LogP contribution in [-0.2, 0) is 6.54 Å². The van der Waals surface area contributed by atoms with Gasteiger partial charge in [0.1, 0.15) is 12.0 Å². The number of aryl methyl sites for hydroxylation is 2. The minimum atomic E-state index is 0.552. The number of hydrogen-bond acceptors (Lipinski definition) is 3. The van der Waals surface area contributed by atoms with E-state index in [0.29, 0.717) is 12.4 Å². The Hall–Kier alpha value is -1.61. The first-order valence-electron chi connectivity index (χ1n) is 4.93. The molecule has 0 radical (unpaired) electrons. The lowest BCUT2D eigenvalue weighted by Crippen LogP contribution is -1.99. The average Bonchev–Trinajstić information content (AvgIpc) is 2.66. The van der Waals surface area contributed by atoms with Gasteiger partial charge in [-0.3, -0.25) is 0 Å². The molecule has 0 aliphatic carbocycles. The lowest BCUT2D eigenvalue weighted by Gasteiger charge is -2.04. The van der Waals surface area contributed by atoms with Crippen molar-refractivity contribution in [2.75, 3.05) is 0 Å². The number of hydrogen-bond donors (Lipinski definition) is 1. The Labute approximate surface area is 88.9 Å². The molecule has 1 aromatic carbocycles. The summed E-state index contributed by atoms with van der Waals surface area (Å²) in [6, 6.07) is 6.15. The van der Waals surface area contributed by atoms with Gasteiger partial charge in [0.05, 0.1) is 0 Å². The van der Waals surface area contributed by atoms with Crippen molar-refractivity contribution in [1.29, 1.82) is 0 Å². The first kappa shape index (κ1) is 9.93. The minimum Gasteiger partial charge on any atom is -0.449 e. The summed E-state index contributed by atoms with van der Waals surface area (Å²) < 4.78 is 5.18. The van der Waals surface area contributed by atoms with Gasteiger partial charge in [0.15, 0.2) is 5.89 Å². The third-order valence-corrected chi connectivity index (χ3v) is 2.48. The number of nitrogens with two attached hydrogens (primary N) is 1. The van der Waals surface area contributed by atoms with Crippen molar-refractivity contribution < 1.29 is 4.42 Å². The summed E-state index contributed by atoms with van der Waals surface area (Å²) in [5, 5.41) is 0. The van der Waals surface area contributed by atoms with Gasteiger partial charge in [-0.2, -0.15) is 0 Å². The summed E-state index contributed by atoms with van der Waals surface area (Å²) in [4.78, 5) is 4.28. The second-order valence-electron chi connectivity index (χ2n) is 3.60. The lowest BCUT2D eigenvalue weighted by atomic mass is 10.0. The molecule has 0 aliphatic heterocycles. The van der Waals surface area contributed by atoms with E-state index in [-0.39, 0.29) is 0 Å². The second-order valence-corrected chi connectivity index (χ2v) is 3.60. The molecule has 15 heavy (non-hydrogen) atoms. The molecule has 78 valence electrons. The van der Waals surface area contributed by atoms with Crippen LogP contribution in [0.1, 0.15) is 17.0 Å². The van der Waals surface area contributed by atoms with Crippen molar-refractivity contribution >= 4 is 0 Å². The summed E-state index contributed by atoms with van der Waals surface area (Å²) in [7, 11) is 0. The molecule has 0 saturated carbocycles. The molecule has 3 nitrogen and oxygen atoms in total. The van der Waals surface area contributed by atoms with Gasteiger partial charge in [-0.1, -0.05) is 12.1 Å². The molecule has 1 aromatic heterocycles. The summed E-state index contributed by atoms with van der Waals surface area (Å²) in [5.41, 5.74) is 9.93. The third-order valence-electron chi connectivity index (χ3n) is 2.48. The van der Waals surface area contributed by atoms with Crippen LogP contribution in [0.15, 0.2) is 28.9 Å². The molecule has 0 amide bonds. The fourth-order valence-corrected chi connectivity index (χ4v) is 1.55. The fraction of sp³-hybridized carbons (Fsp3) is 0.250. The molecule has 0 saturated heterocycles. The van der Waals surface area contributed by atoms with Crippen LogP contribution in [0.3, 0.4) is 0 Å². The van der Waals surface area contributed by atoms with Crippen LogP contribution < -0.4 is 5.73 Å². The quantitative estimate of drug-likeness (QED) is 0.813. The van der Waals surface area contributed by atoms with Crippen LogP contribution in [0.4, 0.5) is 0 Å². The molecule has 2 rings (SSSR count). The minimum absolute atomic E-state index is 0.552. The van der Waals surface area contributed by atoms with Gasteiger partial charge < -0.3 is 10.2 Å². The van der Waals surface area contributed by atoms with E-state index < -0.39 is 0 Å². The largest absolute Gasteiger partial charge is 0.449 e. The SMILES string of the molecule is Cc1nc(-c2ccc(C)c(CN)c2)co1. The Kier molecular flexibility index (Phi) is 2.56. The van der Waals surface area contributed by atoms with Crippen LogP contribution in [0.25, 0.3) is 11.3 Å². The van der Waals surface area contributed by atoms with Crippen LogP contribution in [-0.4, -0.2) is 4.98 Å². The lowest BCUT2D eigenvalue weighted by molar-refractivity contribution is 0.521. The Morgan fingerprint density at radius 3 is 2.73 bits per heavy atom. The monoisotopic (exact) mass is 202 g/mol. The molecular formula is C12H14N2O.